The topological polar surface area (TPSA) is 113 Å². The lowest BCUT2D eigenvalue weighted by Gasteiger charge is -2.41. The van der Waals surface area contributed by atoms with E-state index in [2.05, 4.69) is 0 Å². The van der Waals surface area contributed by atoms with Gasteiger partial charge < -0.3 is 33.9 Å². The number of fused-ring (bicyclic) bond motifs is 1. The molecule has 0 radical (unpaired) electrons. The monoisotopic (exact) mass is 456 g/mol. The van der Waals surface area contributed by atoms with Crippen molar-refractivity contribution in [2.24, 2.45) is 5.92 Å². The summed E-state index contributed by atoms with van der Waals surface area (Å²) in [6.45, 7) is 0.495. The van der Waals surface area contributed by atoms with Gasteiger partial charge in [-0.2, -0.15) is 0 Å². The summed E-state index contributed by atoms with van der Waals surface area (Å²) in [7, 11) is 0. The number of aliphatic hydroxyl groups is 2. The first-order valence-electron chi connectivity index (χ1n) is 11.4. The number of β-amino-alcohol motifs (C(OH)–C–C–N with tert-alkyl or cyclic N) is 1. The minimum Gasteiger partial charge on any atom is -0.467 e. The van der Waals surface area contributed by atoms with E-state index in [1.54, 1.807) is 40.1 Å². The lowest BCUT2D eigenvalue weighted by atomic mass is 9.86. The van der Waals surface area contributed by atoms with Crippen LogP contribution < -0.4 is 9.47 Å². The van der Waals surface area contributed by atoms with Crippen molar-refractivity contribution in [3.63, 3.8) is 0 Å². The molecular weight excluding hydrogens is 428 g/mol. The third kappa shape index (κ3) is 3.55. The minimum atomic E-state index is -1.13. The van der Waals surface area contributed by atoms with Crippen LogP contribution in [0.2, 0.25) is 0 Å². The van der Waals surface area contributed by atoms with Gasteiger partial charge in [0.05, 0.1) is 18.9 Å². The molecule has 0 unspecified atom stereocenters. The summed E-state index contributed by atoms with van der Waals surface area (Å²) in [5.74, 6) is 0.702. The number of hydrogen-bond donors (Lipinski definition) is 2. The van der Waals surface area contributed by atoms with E-state index in [9.17, 15) is 19.8 Å². The van der Waals surface area contributed by atoms with Crippen LogP contribution in [0.4, 0.5) is 0 Å². The SMILES string of the molecule is O=C(c1ccc2c(c1)OCO2)N1[C@@H](c2ccco2)[C@@H](CO)C[C@]12CCCCN(CCO)C2=O. The molecule has 3 aliphatic heterocycles. The number of benzene rings is 1. The number of hydrogen-bond acceptors (Lipinski definition) is 7. The van der Waals surface area contributed by atoms with Crippen molar-refractivity contribution < 1.29 is 33.7 Å². The molecule has 5 rings (SSSR count). The number of carbonyl (C=O) groups excluding carboxylic acids is 2. The zero-order valence-electron chi connectivity index (χ0n) is 18.3. The Morgan fingerprint density at radius 1 is 1.15 bits per heavy atom. The fourth-order valence-electron chi connectivity index (χ4n) is 5.56. The summed E-state index contributed by atoms with van der Waals surface area (Å²) in [6, 6.07) is 7.92. The van der Waals surface area contributed by atoms with E-state index in [0.717, 1.165) is 12.8 Å². The molecule has 3 aliphatic rings. The first-order valence-corrected chi connectivity index (χ1v) is 11.4. The molecule has 1 spiro atoms. The average molecular weight is 456 g/mol. The van der Waals surface area contributed by atoms with E-state index >= 15 is 0 Å². The molecule has 9 heteroatoms. The Labute approximate surface area is 191 Å². The molecule has 176 valence electrons. The van der Waals surface area contributed by atoms with E-state index < -0.39 is 11.6 Å². The Morgan fingerprint density at radius 2 is 2.00 bits per heavy atom. The second-order valence-corrected chi connectivity index (χ2v) is 8.85. The van der Waals surface area contributed by atoms with Crippen LogP contribution in [-0.2, 0) is 4.79 Å². The quantitative estimate of drug-likeness (QED) is 0.707. The molecule has 0 bridgehead atoms. The Bertz CT molecular complexity index is 1020. The maximum absolute atomic E-state index is 14.1. The minimum absolute atomic E-state index is 0.0941. The predicted octanol–water partition coefficient (Wildman–Crippen LogP) is 1.95. The van der Waals surface area contributed by atoms with Gasteiger partial charge in [0.15, 0.2) is 11.5 Å². The Hall–Kier alpha value is -3.04. The van der Waals surface area contributed by atoms with Crippen molar-refractivity contribution >= 4 is 11.8 Å². The third-order valence-electron chi connectivity index (χ3n) is 7.02. The van der Waals surface area contributed by atoms with Gasteiger partial charge in [0.1, 0.15) is 11.3 Å². The molecule has 3 atom stereocenters. The first-order chi connectivity index (χ1) is 16.1. The van der Waals surface area contributed by atoms with Crippen molar-refractivity contribution in [3.8, 4) is 11.5 Å². The molecule has 2 fully saturated rings. The average Bonchev–Trinajstić information content (AvgIpc) is 3.56. The number of rotatable bonds is 5. The van der Waals surface area contributed by atoms with Crippen LogP contribution in [0.3, 0.4) is 0 Å². The predicted molar refractivity (Wildman–Crippen MR) is 116 cm³/mol. The summed E-state index contributed by atoms with van der Waals surface area (Å²) >= 11 is 0. The molecule has 1 aromatic heterocycles. The van der Waals surface area contributed by atoms with Crippen LogP contribution in [0, 0.1) is 5.92 Å². The normalized spacial score (nSPS) is 26.8. The number of nitrogens with zero attached hydrogens (tertiary/aromatic N) is 2. The first kappa shape index (κ1) is 21.8. The number of ether oxygens (including phenoxy) is 2. The van der Waals surface area contributed by atoms with Gasteiger partial charge in [-0.05, 0) is 56.0 Å². The number of amides is 2. The van der Waals surface area contributed by atoms with E-state index in [1.165, 1.54) is 6.26 Å². The number of likely N-dealkylation sites (tertiary alicyclic amines) is 2. The molecular formula is C24H28N2O7. The highest BCUT2D eigenvalue weighted by Gasteiger charge is 2.60. The summed E-state index contributed by atoms with van der Waals surface area (Å²) in [5.41, 5.74) is -0.760. The second-order valence-electron chi connectivity index (χ2n) is 8.85. The summed E-state index contributed by atoms with van der Waals surface area (Å²) in [5, 5.41) is 19.8. The summed E-state index contributed by atoms with van der Waals surface area (Å²) in [6.07, 6.45) is 3.88. The largest absolute Gasteiger partial charge is 0.467 e. The molecule has 1 aromatic carbocycles. The van der Waals surface area contributed by atoms with Crippen molar-refractivity contribution in [2.75, 3.05) is 33.1 Å². The van der Waals surface area contributed by atoms with Gasteiger partial charge in [-0.3, -0.25) is 9.59 Å². The molecule has 2 saturated heterocycles. The van der Waals surface area contributed by atoms with Crippen molar-refractivity contribution in [3.05, 3.63) is 47.9 Å². The van der Waals surface area contributed by atoms with Crippen LogP contribution in [0.1, 0.15) is 47.8 Å². The van der Waals surface area contributed by atoms with Crippen LogP contribution >= 0.6 is 0 Å². The van der Waals surface area contributed by atoms with Crippen molar-refractivity contribution in [1.29, 1.82) is 0 Å². The number of aliphatic hydroxyl groups excluding tert-OH is 2. The maximum atomic E-state index is 14.1. The van der Waals surface area contributed by atoms with Gasteiger partial charge in [-0.15, -0.1) is 0 Å². The number of carbonyl (C=O) groups is 2. The fraction of sp³-hybridized carbons (Fsp3) is 0.500. The highest BCUT2D eigenvalue weighted by Crippen LogP contribution is 2.51. The maximum Gasteiger partial charge on any atom is 0.255 e. The van der Waals surface area contributed by atoms with Gasteiger partial charge in [0.25, 0.3) is 5.91 Å². The molecule has 9 nitrogen and oxygen atoms in total. The molecule has 2 N–H and O–H groups in total. The van der Waals surface area contributed by atoms with Crippen LogP contribution in [0.15, 0.2) is 41.0 Å². The van der Waals surface area contributed by atoms with Gasteiger partial charge in [0.2, 0.25) is 12.7 Å². The molecule has 33 heavy (non-hydrogen) atoms. The third-order valence-corrected chi connectivity index (χ3v) is 7.02. The molecule has 2 amide bonds. The molecule has 0 aliphatic carbocycles. The summed E-state index contributed by atoms with van der Waals surface area (Å²) < 4.78 is 16.5. The van der Waals surface area contributed by atoms with Crippen LogP contribution in [-0.4, -0.2) is 70.5 Å². The highest BCUT2D eigenvalue weighted by molar-refractivity contribution is 6.00. The molecule has 0 saturated carbocycles. The van der Waals surface area contributed by atoms with Crippen LogP contribution in [0.25, 0.3) is 0 Å². The Morgan fingerprint density at radius 3 is 2.76 bits per heavy atom. The van der Waals surface area contributed by atoms with Crippen molar-refractivity contribution in [1.82, 2.24) is 9.80 Å². The smallest absolute Gasteiger partial charge is 0.255 e. The Kier molecular flexibility index (Phi) is 5.76. The van der Waals surface area contributed by atoms with Gasteiger partial charge >= 0.3 is 0 Å². The van der Waals surface area contributed by atoms with Crippen molar-refractivity contribution in [2.45, 2.75) is 37.3 Å². The van der Waals surface area contributed by atoms with Crippen LogP contribution in [0.5, 0.6) is 11.5 Å². The Balaban J connectivity index is 1.63. The molecule has 2 aromatic rings. The van der Waals surface area contributed by atoms with E-state index in [1.807, 2.05) is 0 Å². The van der Waals surface area contributed by atoms with E-state index in [4.69, 9.17) is 13.9 Å². The lowest BCUT2D eigenvalue weighted by molar-refractivity contribution is -0.142. The molecule has 4 heterocycles. The number of furan rings is 1. The van der Waals surface area contributed by atoms with E-state index in [-0.39, 0.29) is 44.3 Å². The standard InChI is InChI=1S/C24H28N2O7/c27-10-9-25-8-2-1-7-24(23(25)30)13-17(14-28)21(19-4-3-11-31-19)26(24)22(29)16-5-6-18-20(12-16)33-15-32-18/h3-6,11-12,17,21,27-28H,1-2,7-10,13-15H2/t17-,21-,24+/m1/s1. The highest BCUT2D eigenvalue weighted by atomic mass is 16.7. The van der Waals surface area contributed by atoms with E-state index in [0.29, 0.717) is 42.2 Å². The zero-order valence-corrected chi connectivity index (χ0v) is 18.3. The van der Waals surface area contributed by atoms with Gasteiger partial charge in [0, 0.05) is 31.2 Å². The van der Waals surface area contributed by atoms with Gasteiger partial charge in [-0.25, -0.2) is 0 Å². The fourth-order valence-corrected chi connectivity index (χ4v) is 5.56. The zero-order chi connectivity index (χ0) is 23.0. The second kappa shape index (κ2) is 8.72. The summed E-state index contributed by atoms with van der Waals surface area (Å²) in [4.78, 5) is 31.3. The van der Waals surface area contributed by atoms with Gasteiger partial charge in [-0.1, -0.05) is 0 Å². The lowest BCUT2D eigenvalue weighted by Crippen LogP contribution is -2.58.